The van der Waals surface area contributed by atoms with Crippen LogP contribution in [0, 0.1) is 0 Å². The van der Waals surface area contributed by atoms with Crippen molar-refractivity contribution >= 4 is 6.09 Å². The van der Waals surface area contributed by atoms with Gasteiger partial charge in [0.15, 0.2) is 0 Å². The molecule has 4 heteroatoms. The first kappa shape index (κ1) is 14.7. The van der Waals surface area contributed by atoms with Crippen LogP contribution in [-0.2, 0) is 4.74 Å². The summed E-state index contributed by atoms with van der Waals surface area (Å²) in [5.74, 6) is 0.850. The number of nitrogens with zero attached hydrogens (tertiary/aromatic N) is 1. The number of piperidine rings is 1. The zero-order valence-electron chi connectivity index (χ0n) is 12.5. The molecule has 20 heavy (non-hydrogen) atoms. The van der Waals surface area contributed by atoms with Gasteiger partial charge in [0.2, 0.25) is 0 Å². The molecular weight excluding hydrogens is 254 g/mol. The van der Waals surface area contributed by atoms with Crippen LogP contribution >= 0.6 is 0 Å². The van der Waals surface area contributed by atoms with E-state index in [1.54, 1.807) is 4.90 Å². The topological polar surface area (TPSA) is 38.8 Å². The lowest BCUT2D eigenvalue weighted by Gasteiger charge is -2.34. The van der Waals surface area contributed by atoms with E-state index < -0.39 is 5.60 Å². The maximum absolute atomic E-state index is 12.1. The Labute approximate surface area is 120 Å². The van der Waals surface area contributed by atoms with Crippen LogP contribution in [-0.4, -0.2) is 35.8 Å². The molecule has 1 aromatic rings. The molecule has 1 aliphatic rings. The van der Waals surface area contributed by atoms with Crippen LogP contribution < -0.4 is 4.74 Å². The Balaban J connectivity index is 1.90. The molecule has 1 saturated heterocycles. The predicted molar refractivity (Wildman–Crippen MR) is 77.9 cm³/mol. The van der Waals surface area contributed by atoms with Crippen molar-refractivity contribution in [2.45, 2.75) is 45.3 Å². The van der Waals surface area contributed by atoms with Gasteiger partial charge < -0.3 is 14.4 Å². The average molecular weight is 277 g/mol. The van der Waals surface area contributed by atoms with E-state index in [1.807, 2.05) is 51.1 Å². The van der Waals surface area contributed by atoms with Crippen LogP contribution in [0.5, 0.6) is 5.75 Å². The highest BCUT2D eigenvalue weighted by molar-refractivity contribution is 5.68. The number of rotatable bonds is 2. The molecule has 0 radical (unpaired) electrons. The number of hydrogen-bond acceptors (Lipinski definition) is 3. The van der Waals surface area contributed by atoms with Crippen LogP contribution in [0.1, 0.15) is 33.6 Å². The quantitative estimate of drug-likeness (QED) is 0.831. The molecule has 1 aromatic carbocycles. The van der Waals surface area contributed by atoms with E-state index in [9.17, 15) is 4.79 Å². The molecule has 1 aliphatic heterocycles. The second kappa shape index (κ2) is 6.16. The fourth-order valence-electron chi connectivity index (χ4n) is 2.22. The molecule has 4 nitrogen and oxygen atoms in total. The van der Waals surface area contributed by atoms with Crippen molar-refractivity contribution in [2.24, 2.45) is 0 Å². The van der Waals surface area contributed by atoms with Crippen LogP contribution in [0.25, 0.3) is 0 Å². The van der Waals surface area contributed by atoms with Gasteiger partial charge in [-0.15, -0.1) is 0 Å². The average Bonchev–Trinajstić information content (AvgIpc) is 2.38. The van der Waals surface area contributed by atoms with Crippen molar-refractivity contribution in [3.63, 3.8) is 0 Å². The normalized spacial score (nSPS) is 19.6. The zero-order chi connectivity index (χ0) is 14.6. The Morgan fingerprint density at radius 1 is 1.25 bits per heavy atom. The number of amides is 1. The summed E-state index contributed by atoms with van der Waals surface area (Å²) in [6, 6.07) is 9.73. The lowest BCUT2D eigenvalue weighted by molar-refractivity contribution is 0.00776. The van der Waals surface area contributed by atoms with Gasteiger partial charge in [-0.1, -0.05) is 18.2 Å². The minimum atomic E-state index is -0.454. The maximum Gasteiger partial charge on any atom is 0.410 e. The minimum Gasteiger partial charge on any atom is -0.489 e. The van der Waals surface area contributed by atoms with E-state index in [1.165, 1.54) is 0 Å². The number of carbonyl (C=O) groups is 1. The summed E-state index contributed by atoms with van der Waals surface area (Å²) in [7, 11) is 0. The molecule has 2 rings (SSSR count). The Bertz CT molecular complexity index is 439. The van der Waals surface area contributed by atoms with E-state index in [2.05, 4.69) is 0 Å². The molecule has 1 fully saturated rings. The third-order valence-electron chi connectivity index (χ3n) is 3.08. The van der Waals surface area contributed by atoms with E-state index >= 15 is 0 Å². The fraction of sp³-hybridized carbons (Fsp3) is 0.562. The van der Waals surface area contributed by atoms with Crippen LogP contribution in [0.15, 0.2) is 30.3 Å². The van der Waals surface area contributed by atoms with Crippen LogP contribution in [0.4, 0.5) is 4.79 Å². The molecule has 0 aromatic heterocycles. The van der Waals surface area contributed by atoms with Gasteiger partial charge in [-0.05, 0) is 45.7 Å². The van der Waals surface area contributed by atoms with Gasteiger partial charge in [0, 0.05) is 6.54 Å². The van der Waals surface area contributed by atoms with E-state index in [-0.39, 0.29) is 12.2 Å². The molecule has 0 bridgehead atoms. The lowest BCUT2D eigenvalue weighted by atomic mass is 10.1. The molecule has 0 N–H and O–H groups in total. The summed E-state index contributed by atoms with van der Waals surface area (Å²) < 4.78 is 11.3. The molecule has 0 saturated carbocycles. The molecule has 1 amide bonds. The van der Waals surface area contributed by atoms with Crippen molar-refractivity contribution in [1.29, 1.82) is 0 Å². The number of benzene rings is 1. The summed E-state index contributed by atoms with van der Waals surface area (Å²) in [6.07, 6.45) is 1.70. The first-order valence-corrected chi connectivity index (χ1v) is 7.14. The molecular formula is C16H23NO3. The van der Waals surface area contributed by atoms with E-state index in [0.29, 0.717) is 6.54 Å². The van der Waals surface area contributed by atoms with Gasteiger partial charge in [-0.2, -0.15) is 0 Å². The van der Waals surface area contributed by atoms with Crippen molar-refractivity contribution in [2.75, 3.05) is 13.1 Å². The predicted octanol–water partition coefficient (Wildman–Crippen LogP) is 3.46. The Hall–Kier alpha value is -1.71. The van der Waals surface area contributed by atoms with Gasteiger partial charge >= 0.3 is 6.09 Å². The fourth-order valence-corrected chi connectivity index (χ4v) is 2.22. The molecule has 1 atom stereocenters. The Kier molecular flexibility index (Phi) is 4.53. The van der Waals surface area contributed by atoms with Gasteiger partial charge in [-0.3, -0.25) is 0 Å². The summed E-state index contributed by atoms with van der Waals surface area (Å²) in [4.78, 5) is 13.8. The van der Waals surface area contributed by atoms with Crippen LogP contribution in [0.2, 0.25) is 0 Å². The highest BCUT2D eigenvalue weighted by Crippen LogP contribution is 2.19. The maximum atomic E-state index is 12.1. The highest BCUT2D eigenvalue weighted by atomic mass is 16.6. The summed E-state index contributed by atoms with van der Waals surface area (Å²) in [6.45, 7) is 6.97. The first-order chi connectivity index (χ1) is 9.44. The third kappa shape index (κ3) is 4.44. The SMILES string of the molecule is CC(C)(C)OC(=O)N1CCC[C@@H](Oc2ccccc2)C1. The molecule has 0 aliphatic carbocycles. The Morgan fingerprint density at radius 3 is 2.60 bits per heavy atom. The van der Waals surface area contributed by atoms with Gasteiger partial charge in [0.1, 0.15) is 17.5 Å². The van der Waals surface area contributed by atoms with E-state index in [4.69, 9.17) is 9.47 Å². The second-order valence-electron chi connectivity index (χ2n) is 6.12. The smallest absolute Gasteiger partial charge is 0.410 e. The second-order valence-corrected chi connectivity index (χ2v) is 6.12. The molecule has 0 spiro atoms. The first-order valence-electron chi connectivity index (χ1n) is 7.14. The monoisotopic (exact) mass is 277 g/mol. The largest absolute Gasteiger partial charge is 0.489 e. The van der Waals surface area contributed by atoms with Crippen molar-refractivity contribution < 1.29 is 14.3 Å². The van der Waals surface area contributed by atoms with Crippen molar-refractivity contribution in [1.82, 2.24) is 4.90 Å². The standard InChI is InChI=1S/C16H23NO3/c1-16(2,3)20-15(18)17-11-7-10-14(12-17)19-13-8-5-4-6-9-13/h4-6,8-9,14H,7,10-12H2,1-3H3/t14-/m1/s1. The van der Waals surface area contributed by atoms with Crippen molar-refractivity contribution in [3.05, 3.63) is 30.3 Å². The number of carbonyl (C=O) groups excluding carboxylic acids is 1. The van der Waals surface area contributed by atoms with Crippen LogP contribution in [0.3, 0.4) is 0 Å². The lowest BCUT2D eigenvalue weighted by Crippen LogP contribution is -2.46. The molecule has 1 heterocycles. The highest BCUT2D eigenvalue weighted by Gasteiger charge is 2.28. The molecule has 110 valence electrons. The number of hydrogen-bond donors (Lipinski definition) is 0. The summed E-state index contributed by atoms with van der Waals surface area (Å²) in [5.41, 5.74) is -0.454. The summed E-state index contributed by atoms with van der Waals surface area (Å²) >= 11 is 0. The van der Waals surface area contributed by atoms with Gasteiger partial charge in [0.05, 0.1) is 6.54 Å². The number of ether oxygens (including phenoxy) is 2. The number of para-hydroxylation sites is 1. The van der Waals surface area contributed by atoms with Gasteiger partial charge in [-0.25, -0.2) is 4.79 Å². The minimum absolute atomic E-state index is 0.0404. The Morgan fingerprint density at radius 2 is 1.95 bits per heavy atom. The van der Waals surface area contributed by atoms with Crippen molar-refractivity contribution in [3.8, 4) is 5.75 Å². The third-order valence-corrected chi connectivity index (χ3v) is 3.08. The zero-order valence-corrected chi connectivity index (χ0v) is 12.5. The van der Waals surface area contributed by atoms with Gasteiger partial charge in [0.25, 0.3) is 0 Å². The van der Waals surface area contributed by atoms with E-state index in [0.717, 1.165) is 25.1 Å². The number of likely N-dealkylation sites (tertiary alicyclic amines) is 1. The molecule has 0 unspecified atom stereocenters. The summed E-state index contributed by atoms with van der Waals surface area (Å²) in [5, 5.41) is 0.